The van der Waals surface area contributed by atoms with E-state index in [-0.39, 0.29) is 0 Å². The minimum absolute atomic E-state index is 0.844. The van der Waals surface area contributed by atoms with Crippen LogP contribution in [-0.4, -0.2) is 26.3 Å². The van der Waals surface area contributed by atoms with Gasteiger partial charge in [-0.25, -0.2) is 0 Å². The summed E-state index contributed by atoms with van der Waals surface area (Å²) < 4.78 is 5.32. The molecule has 1 aliphatic heterocycles. The van der Waals surface area contributed by atoms with Gasteiger partial charge in [-0.15, -0.1) is 0 Å². The van der Waals surface area contributed by atoms with Crippen molar-refractivity contribution in [2.45, 2.75) is 25.7 Å². The van der Waals surface area contributed by atoms with Gasteiger partial charge in [0.2, 0.25) is 0 Å². The van der Waals surface area contributed by atoms with E-state index < -0.39 is 0 Å². The summed E-state index contributed by atoms with van der Waals surface area (Å²) in [5.41, 5.74) is 0. The summed E-state index contributed by atoms with van der Waals surface area (Å²) in [5, 5.41) is 3.52. The summed E-state index contributed by atoms with van der Waals surface area (Å²) >= 11 is 0. The number of nitrogens with one attached hydrogen (secondary N) is 1. The Kier molecular flexibility index (Phi) is 3.01. The summed E-state index contributed by atoms with van der Waals surface area (Å²) in [5.74, 6) is 1.86. The van der Waals surface area contributed by atoms with Crippen molar-refractivity contribution in [1.29, 1.82) is 0 Å². The number of hydrogen-bond acceptors (Lipinski definition) is 2. The van der Waals surface area contributed by atoms with Gasteiger partial charge in [-0.2, -0.15) is 0 Å². The van der Waals surface area contributed by atoms with Crippen LogP contribution in [0.1, 0.15) is 25.7 Å². The second-order valence-electron chi connectivity index (χ2n) is 4.17. The van der Waals surface area contributed by atoms with E-state index in [1.54, 1.807) is 0 Å². The van der Waals surface area contributed by atoms with Crippen molar-refractivity contribution in [1.82, 2.24) is 5.32 Å². The predicted octanol–water partition coefficient (Wildman–Crippen LogP) is 1.41. The molecule has 0 radical (unpaired) electrons. The average Bonchev–Trinajstić information content (AvgIpc) is 2.76. The molecule has 1 unspecified atom stereocenters. The fourth-order valence-electron chi connectivity index (χ4n) is 1.75. The van der Waals surface area contributed by atoms with Crippen LogP contribution in [0.5, 0.6) is 0 Å². The van der Waals surface area contributed by atoms with Crippen molar-refractivity contribution in [3.63, 3.8) is 0 Å². The third kappa shape index (κ3) is 2.76. The lowest BCUT2D eigenvalue weighted by atomic mass is 10.1. The van der Waals surface area contributed by atoms with Crippen molar-refractivity contribution < 1.29 is 4.74 Å². The molecule has 1 aliphatic carbocycles. The van der Waals surface area contributed by atoms with Crippen LogP contribution in [0.25, 0.3) is 0 Å². The van der Waals surface area contributed by atoms with Crippen molar-refractivity contribution >= 4 is 0 Å². The summed E-state index contributed by atoms with van der Waals surface area (Å²) in [7, 11) is 0. The first-order valence-corrected chi connectivity index (χ1v) is 5.23. The maximum absolute atomic E-state index is 5.32. The van der Waals surface area contributed by atoms with Gasteiger partial charge >= 0.3 is 0 Å². The number of ether oxygens (including phenoxy) is 1. The predicted molar refractivity (Wildman–Crippen MR) is 49.1 cm³/mol. The van der Waals surface area contributed by atoms with Crippen LogP contribution in [0.3, 0.4) is 0 Å². The van der Waals surface area contributed by atoms with Gasteiger partial charge in [0.05, 0.1) is 0 Å². The Morgan fingerprint density at radius 1 is 1.17 bits per heavy atom. The molecule has 1 heterocycles. The van der Waals surface area contributed by atoms with Crippen LogP contribution in [-0.2, 0) is 4.74 Å². The Bertz CT molecular complexity index is 128. The lowest BCUT2D eigenvalue weighted by Gasteiger charge is -2.07. The van der Waals surface area contributed by atoms with Crippen LogP contribution >= 0.6 is 0 Å². The molecule has 12 heavy (non-hydrogen) atoms. The first-order chi connectivity index (χ1) is 5.95. The second kappa shape index (κ2) is 4.24. The lowest BCUT2D eigenvalue weighted by molar-refractivity contribution is 0.184. The molecule has 0 aromatic rings. The van der Waals surface area contributed by atoms with Gasteiger partial charge in [0.1, 0.15) is 0 Å². The summed E-state index contributed by atoms with van der Waals surface area (Å²) in [6.45, 7) is 4.45. The molecule has 2 rings (SSSR count). The van der Waals surface area contributed by atoms with E-state index in [4.69, 9.17) is 4.74 Å². The van der Waals surface area contributed by atoms with Crippen molar-refractivity contribution in [3.05, 3.63) is 0 Å². The zero-order chi connectivity index (χ0) is 8.23. The van der Waals surface area contributed by atoms with Crippen LogP contribution in [0.2, 0.25) is 0 Å². The molecular weight excluding hydrogens is 150 g/mol. The summed E-state index contributed by atoms with van der Waals surface area (Å²) in [6, 6.07) is 0. The molecule has 0 aromatic carbocycles. The molecule has 2 fully saturated rings. The first kappa shape index (κ1) is 8.52. The highest BCUT2D eigenvalue weighted by Gasteiger charge is 2.20. The third-order valence-electron chi connectivity index (χ3n) is 2.88. The fourth-order valence-corrected chi connectivity index (χ4v) is 1.75. The quantitative estimate of drug-likeness (QED) is 0.628. The monoisotopic (exact) mass is 169 g/mol. The molecule has 0 amide bonds. The lowest BCUT2D eigenvalue weighted by Crippen LogP contribution is -2.20. The van der Waals surface area contributed by atoms with Crippen molar-refractivity contribution in [3.8, 4) is 0 Å². The Balaban J connectivity index is 1.44. The largest absolute Gasteiger partial charge is 0.381 e. The normalized spacial score (nSPS) is 29.5. The Hall–Kier alpha value is -0.0800. The zero-order valence-electron chi connectivity index (χ0n) is 7.72. The Morgan fingerprint density at radius 3 is 2.75 bits per heavy atom. The third-order valence-corrected chi connectivity index (χ3v) is 2.88. The van der Waals surface area contributed by atoms with Crippen molar-refractivity contribution in [2.75, 3.05) is 26.3 Å². The molecule has 2 heteroatoms. The molecule has 70 valence electrons. The van der Waals surface area contributed by atoms with Gasteiger partial charge in [-0.1, -0.05) is 0 Å². The molecule has 1 atom stereocenters. The van der Waals surface area contributed by atoms with E-state index in [1.165, 1.54) is 38.8 Å². The standard InChI is InChI=1S/C10H19NO/c1-2-9(1)7-11-5-3-10-4-6-12-8-10/h9-11H,1-8H2. The average molecular weight is 169 g/mol. The van der Waals surface area contributed by atoms with Crippen LogP contribution in [0.4, 0.5) is 0 Å². The van der Waals surface area contributed by atoms with Gasteiger partial charge in [-0.3, -0.25) is 0 Å². The maximum atomic E-state index is 5.32. The highest BCUT2D eigenvalue weighted by Crippen LogP contribution is 2.27. The van der Waals surface area contributed by atoms with Gasteiger partial charge in [0.15, 0.2) is 0 Å². The van der Waals surface area contributed by atoms with E-state index in [0.29, 0.717) is 0 Å². The van der Waals surface area contributed by atoms with Crippen molar-refractivity contribution in [2.24, 2.45) is 11.8 Å². The molecule has 0 aromatic heterocycles. The van der Waals surface area contributed by atoms with E-state index in [9.17, 15) is 0 Å². The fraction of sp³-hybridized carbons (Fsp3) is 1.00. The molecule has 2 aliphatic rings. The Labute approximate surface area is 74.7 Å². The van der Waals surface area contributed by atoms with Crippen LogP contribution < -0.4 is 5.32 Å². The molecule has 1 N–H and O–H groups in total. The molecule has 1 saturated heterocycles. The second-order valence-corrected chi connectivity index (χ2v) is 4.17. The number of rotatable bonds is 5. The minimum atomic E-state index is 0.844. The highest BCUT2D eigenvalue weighted by molar-refractivity contribution is 4.75. The summed E-state index contributed by atoms with van der Waals surface area (Å²) in [4.78, 5) is 0. The smallest absolute Gasteiger partial charge is 0.0495 e. The van der Waals surface area contributed by atoms with E-state index in [0.717, 1.165) is 25.0 Å². The zero-order valence-corrected chi connectivity index (χ0v) is 7.72. The maximum Gasteiger partial charge on any atom is 0.0495 e. The van der Waals surface area contributed by atoms with E-state index in [1.807, 2.05) is 0 Å². The molecular formula is C10H19NO. The van der Waals surface area contributed by atoms with Crippen LogP contribution in [0.15, 0.2) is 0 Å². The van der Waals surface area contributed by atoms with Gasteiger partial charge in [-0.05, 0) is 50.6 Å². The molecule has 0 bridgehead atoms. The number of hydrogen-bond donors (Lipinski definition) is 1. The SMILES string of the molecule is C(CC1CCOC1)NCC1CC1. The van der Waals surface area contributed by atoms with Crippen LogP contribution in [0, 0.1) is 11.8 Å². The molecule has 0 spiro atoms. The van der Waals surface area contributed by atoms with Gasteiger partial charge in [0, 0.05) is 13.2 Å². The molecule has 2 nitrogen and oxygen atoms in total. The van der Waals surface area contributed by atoms with E-state index in [2.05, 4.69) is 5.32 Å². The minimum Gasteiger partial charge on any atom is -0.381 e. The first-order valence-electron chi connectivity index (χ1n) is 5.23. The highest BCUT2D eigenvalue weighted by atomic mass is 16.5. The summed E-state index contributed by atoms with van der Waals surface area (Å²) in [6.07, 6.45) is 5.51. The molecule has 1 saturated carbocycles. The van der Waals surface area contributed by atoms with Gasteiger partial charge in [0.25, 0.3) is 0 Å². The van der Waals surface area contributed by atoms with E-state index >= 15 is 0 Å². The Morgan fingerprint density at radius 2 is 2.08 bits per heavy atom. The topological polar surface area (TPSA) is 21.3 Å². The van der Waals surface area contributed by atoms with Gasteiger partial charge < -0.3 is 10.1 Å².